The predicted octanol–water partition coefficient (Wildman–Crippen LogP) is 5.56. The van der Waals surface area contributed by atoms with E-state index in [0.717, 1.165) is 38.1 Å². The predicted molar refractivity (Wildman–Crippen MR) is 127 cm³/mol. The van der Waals surface area contributed by atoms with Crippen LogP contribution in [0.3, 0.4) is 0 Å². The number of hydrogen-bond donors (Lipinski definition) is 1. The zero-order chi connectivity index (χ0) is 24.4. The Morgan fingerprint density at radius 2 is 1.77 bits per heavy atom. The third-order valence-corrected chi connectivity index (χ3v) is 5.96. The first kappa shape index (κ1) is 22.9. The number of amides is 1. The van der Waals surface area contributed by atoms with Crippen molar-refractivity contribution in [1.82, 2.24) is 19.9 Å². The molecule has 1 saturated heterocycles. The second kappa shape index (κ2) is 9.42. The number of nitrogens with zero attached hydrogens (tertiary/aromatic N) is 4. The van der Waals surface area contributed by atoms with Crippen molar-refractivity contribution in [2.24, 2.45) is 0 Å². The third-order valence-electron chi connectivity index (χ3n) is 5.96. The van der Waals surface area contributed by atoms with Crippen LogP contribution in [-0.2, 0) is 12.7 Å². The van der Waals surface area contributed by atoms with Crippen LogP contribution < -0.4 is 5.32 Å². The van der Waals surface area contributed by atoms with E-state index >= 15 is 0 Å². The van der Waals surface area contributed by atoms with Crippen molar-refractivity contribution >= 4 is 22.6 Å². The summed E-state index contributed by atoms with van der Waals surface area (Å²) in [6, 6.07) is 15.3. The number of rotatable bonds is 5. The molecule has 35 heavy (non-hydrogen) atoms. The van der Waals surface area contributed by atoms with Gasteiger partial charge in [-0.2, -0.15) is 13.2 Å². The van der Waals surface area contributed by atoms with Crippen LogP contribution in [0.4, 0.5) is 19.0 Å². The molecular formula is C26H22F3N5O. The molecule has 0 bridgehead atoms. The maximum Gasteiger partial charge on any atom is 0.416 e. The van der Waals surface area contributed by atoms with E-state index in [4.69, 9.17) is 0 Å². The fourth-order valence-electron chi connectivity index (χ4n) is 4.24. The number of benzene rings is 2. The van der Waals surface area contributed by atoms with Gasteiger partial charge in [0.05, 0.1) is 17.6 Å². The lowest BCUT2D eigenvalue weighted by molar-refractivity contribution is -0.137. The van der Waals surface area contributed by atoms with Crippen LogP contribution in [0.25, 0.3) is 22.0 Å². The van der Waals surface area contributed by atoms with Gasteiger partial charge in [0.2, 0.25) is 0 Å². The number of para-hydroxylation sites is 1. The van der Waals surface area contributed by atoms with Gasteiger partial charge in [0.1, 0.15) is 17.3 Å². The molecule has 0 unspecified atom stereocenters. The molecule has 4 aromatic rings. The largest absolute Gasteiger partial charge is 0.416 e. The lowest BCUT2D eigenvalue weighted by Crippen LogP contribution is -2.21. The Labute approximate surface area is 199 Å². The quantitative estimate of drug-likeness (QED) is 0.408. The molecule has 1 amide bonds. The molecule has 1 aliphatic heterocycles. The topological polar surface area (TPSA) is 71.0 Å². The number of fused-ring (bicyclic) bond motifs is 1. The first-order valence-electron chi connectivity index (χ1n) is 11.3. The number of carbonyl (C=O) groups excluding carboxylic acids is 1. The molecule has 6 nitrogen and oxygen atoms in total. The van der Waals surface area contributed by atoms with Gasteiger partial charge in [0.15, 0.2) is 0 Å². The Morgan fingerprint density at radius 3 is 2.57 bits per heavy atom. The van der Waals surface area contributed by atoms with Crippen molar-refractivity contribution < 1.29 is 18.0 Å². The molecule has 178 valence electrons. The van der Waals surface area contributed by atoms with E-state index < -0.39 is 17.6 Å². The molecule has 3 heterocycles. The summed E-state index contributed by atoms with van der Waals surface area (Å²) in [6.07, 6.45) is -0.531. The Kier molecular flexibility index (Phi) is 6.17. The van der Waals surface area contributed by atoms with Crippen LogP contribution in [0.1, 0.15) is 34.7 Å². The Hall–Kier alpha value is -3.85. The van der Waals surface area contributed by atoms with Crippen LogP contribution in [0.15, 0.2) is 66.9 Å². The van der Waals surface area contributed by atoms with Gasteiger partial charge in [-0.25, -0.2) is 15.0 Å². The highest BCUT2D eigenvalue weighted by Crippen LogP contribution is 2.34. The molecule has 1 fully saturated rings. The normalized spacial score (nSPS) is 14.4. The molecule has 0 radical (unpaired) electrons. The number of hydrogen-bond acceptors (Lipinski definition) is 5. The van der Waals surface area contributed by atoms with Crippen molar-refractivity contribution in [2.45, 2.75) is 25.6 Å². The second-order valence-electron chi connectivity index (χ2n) is 8.45. The molecule has 1 N–H and O–H groups in total. The number of nitrogens with one attached hydrogen (secondary N) is 1. The molecule has 5 rings (SSSR count). The molecule has 0 spiro atoms. The summed E-state index contributed by atoms with van der Waals surface area (Å²) < 4.78 is 39.7. The summed E-state index contributed by atoms with van der Waals surface area (Å²) in [5.74, 6) is 0.534. The standard InChI is InChI=1S/C26H22F3N5O/c27-26(28,29)19-7-3-6-18(15-19)20-8-4-5-17-9-10-21(31-24(17)20)25(35)33-22-11-12-30-23(32-22)16-34-13-1-2-14-34/h3-12,15H,1-2,13-14,16H2,(H,30,32,33,35). The summed E-state index contributed by atoms with van der Waals surface area (Å²) in [5, 5.41) is 3.47. The Balaban J connectivity index is 1.42. The summed E-state index contributed by atoms with van der Waals surface area (Å²) in [5.41, 5.74) is 0.721. The van der Waals surface area contributed by atoms with Gasteiger partial charge in [0.25, 0.3) is 5.91 Å². The highest BCUT2D eigenvalue weighted by atomic mass is 19.4. The summed E-state index contributed by atoms with van der Waals surface area (Å²) >= 11 is 0. The summed E-state index contributed by atoms with van der Waals surface area (Å²) in [6.45, 7) is 2.64. The SMILES string of the molecule is O=C(Nc1ccnc(CN2CCCC2)n1)c1ccc2cccc(-c3cccc(C(F)(F)F)c3)c2n1. The van der Waals surface area contributed by atoms with Gasteiger partial charge in [0, 0.05) is 17.1 Å². The van der Waals surface area contributed by atoms with Crippen LogP contribution in [0.2, 0.25) is 0 Å². The van der Waals surface area contributed by atoms with E-state index in [1.54, 1.807) is 48.7 Å². The fourth-order valence-corrected chi connectivity index (χ4v) is 4.24. The number of likely N-dealkylation sites (tertiary alicyclic amines) is 1. The third kappa shape index (κ3) is 5.14. The minimum Gasteiger partial charge on any atom is -0.305 e. The van der Waals surface area contributed by atoms with Crippen molar-refractivity contribution in [1.29, 1.82) is 0 Å². The van der Waals surface area contributed by atoms with Gasteiger partial charge in [-0.15, -0.1) is 0 Å². The molecule has 1 aliphatic rings. The van der Waals surface area contributed by atoms with Gasteiger partial charge in [-0.1, -0.05) is 36.4 Å². The second-order valence-corrected chi connectivity index (χ2v) is 8.45. The van der Waals surface area contributed by atoms with Crippen LogP contribution in [0, 0.1) is 0 Å². The van der Waals surface area contributed by atoms with Gasteiger partial charge < -0.3 is 5.32 Å². The molecule has 0 atom stereocenters. The van der Waals surface area contributed by atoms with Crippen molar-refractivity contribution in [2.75, 3.05) is 18.4 Å². The number of carbonyl (C=O) groups is 1. The maximum absolute atomic E-state index is 13.2. The summed E-state index contributed by atoms with van der Waals surface area (Å²) in [4.78, 5) is 28.5. The molecule has 0 saturated carbocycles. The van der Waals surface area contributed by atoms with Crippen LogP contribution >= 0.6 is 0 Å². The molecule has 2 aromatic heterocycles. The van der Waals surface area contributed by atoms with Crippen LogP contribution in [-0.4, -0.2) is 38.8 Å². The number of anilines is 1. The average Bonchev–Trinajstić information content (AvgIpc) is 3.36. The maximum atomic E-state index is 13.2. The van der Waals surface area contributed by atoms with Gasteiger partial charge >= 0.3 is 6.18 Å². The van der Waals surface area contributed by atoms with Crippen molar-refractivity contribution in [3.8, 4) is 11.1 Å². The van der Waals surface area contributed by atoms with E-state index in [2.05, 4.69) is 25.2 Å². The van der Waals surface area contributed by atoms with E-state index in [1.807, 2.05) is 0 Å². The van der Waals surface area contributed by atoms with Crippen molar-refractivity contribution in [3.63, 3.8) is 0 Å². The number of alkyl halides is 3. The van der Waals surface area contributed by atoms with E-state index in [1.165, 1.54) is 6.07 Å². The average molecular weight is 477 g/mol. The molecule has 9 heteroatoms. The first-order chi connectivity index (χ1) is 16.9. The monoisotopic (exact) mass is 477 g/mol. The minimum absolute atomic E-state index is 0.136. The van der Waals surface area contributed by atoms with Crippen LogP contribution in [0.5, 0.6) is 0 Å². The van der Waals surface area contributed by atoms with E-state index in [0.29, 0.717) is 40.2 Å². The van der Waals surface area contributed by atoms with Gasteiger partial charge in [-0.3, -0.25) is 9.69 Å². The van der Waals surface area contributed by atoms with Crippen molar-refractivity contribution in [3.05, 3.63) is 83.9 Å². The lowest BCUT2D eigenvalue weighted by atomic mass is 9.99. The lowest BCUT2D eigenvalue weighted by Gasteiger charge is -2.13. The molecular weight excluding hydrogens is 455 g/mol. The molecule has 0 aliphatic carbocycles. The zero-order valence-electron chi connectivity index (χ0n) is 18.7. The zero-order valence-corrected chi connectivity index (χ0v) is 18.7. The number of halogens is 3. The Morgan fingerprint density at radius 1 is 0.971 bits per heavy atom. The Bertz CT molecular complexity index is 1380. The highest BCUT2D eigenvalue weighted by Gasteiger charge is 2.30. The number of pyridine rings is 1. The van der Waals surface area contributed by atoms with E-state index in [-0.39, 0.29) is 5.69 Å². The minimum atomic E-state index is -4.45. The number of aromatic nitrogens is 3. The highest BCUT2D eigenvalue weighted by molar-refractivity contribution is 6.04. The summed E-state index contributed by atoms with van der Waals surface area (Å²) in [7, 11) is 0. The fraction of sp³-hybridized carbons (Fsp3) is 0.231. The van der Waals surface area contributed by atoms with Gasteiger partial charge in [-0.05, 0) is 55.8 Å². The molecule has 2 aromatic carbocycles. The smallest absolute Gasteiger partial charge is 0.305 e. The van der Waals surface area contributed by atoms with E-state index in [9.17, 15) is 18.0 Å². The first-order valence-corrected chi connectivity index (χ1v) is 11.3.